The molecule has 0 saturated heterocycles. The molecule has 0 fully saturated rings. The highest BCUT2D eigenvalue weighted by atomic mass is 35.5. The Labute approximate surface area is 153 Å². The van der Waals surface area contributed by atoms with Gasteiger partial charge in [0, 0.05) is 12.7 Å². The molecule has 1 aromatic carbocycles. The molecule has 11 heteroatoms. The Morgan fingerprint density at radius 2 is 1.73 bits per heavy atom. The second-order valence-electron chi connectivity index (χ2n) is 5.07. The van der Waals surface area contributed by atoms with Crippen molar-refractivity contribution < 1.29 is 22.8 Å². The van der Waals surface area contributed by atoms with Crippen molar-refractivity contribution in [1.82, 2.24) is 20.4 Å². The monoisotopic (exact) mass is 391 g/mol. The van der Waals surface area contributed by atoms with E-state index in [9.17, 15) is 22.8 Å². The first-order valence-corrected chi connectivity index (χ1v) is 7.25. The Morgan fingerprint density at radius 1 is 1.08 bits per heavy atom. The highest BCUT2D eigenvalue weighted by Crippen LogP contribution is 2.27. The van der Waals surface area contributed by atoms with E-state index in [1.54, 1.807) is 24.3 Å². The molecule has 0 aliphatic rings. The van der Waals surface area contributed by atoms with E-state index in [-0.39, 0.29) is 37.9 Å². The third-order valence-corrected chi connectivity index (χ3v) is 3.20. The van der Waals surface area contributed by atoms with Crippen LogP contribution in [0.25, 0.3) is 5.69 Å². The van der Waals surface area contributed by atoms with E-state index in [0.29, 0.717) is 5.69 Å². The maximum Gasteiger partial charge on any atom is 0.435 e. The molecular weight excluding hydrogens is 375 g/mol. The van der Waals surface area contributed by atoms with Crippen molar-refractivity contribution in [3.63, 3.8) is 0 Å². The molecule has 2 aromatic rings. The van der Waals surface area contributed by atoms with Crippen molar-refractivity contribution in [2.75, 3.05) is 13.1 Å². The van der Waals surface area contributed by atoms with E-state index in [0.717, 1.165) is 16.3 Å². The molecule has 0 bridgehead atoms. The Hall–Kier alpha value is -2.59. The quantitative estimate of drug-likeness (QED) is 0.683. The van der Waals surface area contributed by atoms with Crippen LogP contribution >= 0.6 is 12.4 Å². The maximum atomic E-state index is 12.5. The Kier molecular flexibility index (Phi) is 7.59. The fraction of sp³-hybridized carbons (Fsp3) is 0.267. The van der Waals surface area contributed by atoms with Gasteiger partial charge in [0.2, 0.25) is 11.8 Å². The van der Waals surface area contributed by atoms with Gasteiger partial charge in [-0.05, 0) is 23.8 Å². The average Bonchev–Trinajstić information content (AvgIpc) is 3.08. The molecule has 2 rings (SSSR count). The fourth-order valence-electron chi connectivity index (χ4n) is 1.90. The smallest absolute Gasteiger partial charge is 0.350 e. The van der Waals surface area contributed by atoms with Gasteiger partial charge < -0.3 is 16.4 Å². The van der Waals surface area contributed by atoms with Crippen LogP contribution in [0.2, 0.25) is 0 Å². The van der Waals surface area contributed by atoms with Crippen LogP contribution in [0.15, 0.2) is 36.5 Å². The number of alkyl halides is 3. The minimum Gasteiger partial charge on any atom is -0.350 e. The van der Waals surface area contributed by atoms with Crippen LogP contribution in [0.3, 0.4) is 0 Å². The summed E-state index contributed by atoms with van der Waals surface area (Å²) in [7, 11) is 0. The second kappa shape index (κ2) is 9.20. The van der Waals surface area contributed by atoms with Gasteiger partial charge in [-0.1, -0.05) is 12.1 Å². The molecule has 2 amide bonds. The van der Waals surface area contributed by atoms with Crippen LogP contribution in [-0.4, -0.2) is 34.7 Å². The lowest BCUT2D eigenvalue weighted by molar-refractivity contribution is -0.141. The topological polar surface area (TPSA) is 102 Å². The summed E-state index contributed by atoms with van der Waals surface area (Å²) >= 11 is 0. The molecular formula is C15H17ClF3N5O2. The minimum absolute atomic E-state index is 0. The summed E-state index contributed by atoms with van der Waals surface area (Å²) in [5, 5.41) is 8.41. The molecule has 0 unspecified atom stereocenters. The van der Waals surface area contributed by atoms with Gasteiger partial charge in [-0.15, -0.1) is 12.4 Å². The fourth-order valence-corrected chi connectivity index (χ4v) is 1.90. The minimum atomic E-state index is -4.49. The summed E-state index contributed by atoms with van der Waals surface area (Å²) in [4.78, 5) is 22.5. The zero-order valence-electron chi connectivity index (χ0n) is 13.4. The van der Waals surface area contributed by atoms with E-state index < -0.39 is 17.8 Å². The average molecular weight is 392 g/mol. The number of hydrogen-bond acceptors (Lipinski definition) is 4. The van der Waals surface area contributed by atoms with Gasteiger partial charge in [0.15, 0.2) is 5.69 Å². The van der Waals surface area contributed by atoms with E-state index in [1.165, 1.54) is 6.20 Å². The van der Waals surface area contributed by atoms with Gasteiger partial charge in [0.25, 0.3) is 0 Å². The molecule has 1 aromatic heterocycles. The molecule has 7 nitrogen and oxygen atoms in total. The Bertz CT molecular complexity index is 746. The number of hydrogen-bond donors (Lipinski definition) is 3. The van der Waals surface area contributed by atoms with Gasteiger partial charge >= 0.3 is 6.18 Å². The molecule has 0 aliphatic heterocycles. The lowest BCUT2D eigenvalue weighted by Crippen LogP contribution is -2.39. The molecule has 0 spiro atoms. The predicted octanol–water partition coefficient (Wildman–Crippen LogP) is 1.00. The lowest BCUT2D eigenvalue weighted by Gasteiger charge is -2.08. The largest absolute Gasteiger partial charge is 0.435 e. The van der Waals surface area contributed by atoms with Crippen molar-refractivity contribution in [3.05, 3.63) is 47.8 Å². The maximum absolute atomic E-state index is 12.5. The van der Waals surface area contributed by atoms with Gasteiger partial charge in [-0.3, -0.25) is 9.59 Å². The molecule has 142 valence electrons. The van der Waals surface area contributed by atoms with Crippen molar-refractivity contribution in [2.24, 2.45) is 5.73 Å². The number of aromatic nitrogens is 2. The standard InChI is InChI=1S/C15H16F3N5O2.ClH/c16-15(17,18)12-5-6-23(22-12)11-3-1-10(2-4-11)8-20-14(25)9-21-13(24)7-19;/h1-6H,7-9,19H2,(H,20,25)(H,21,24);1H. The van der Waals surface area contributed by atoms with Crippen LogP contribution in [-0.2, 0) is 22.3 Å². The molecule has 26 heavy (non-hydrogen) atoms. The van der Waals surface area contributed by atoms with Gasteiger partial charge in [-0.25, -0.2) is 4.68 Å². The SMILES string of the molecule is Cl.NCC(=O)NCC(=O)NCc1ccc(-n2ccc(C(F)(F)F)n2)cc1. The molecule has 1 heterocycles. The van der Waals surface area contributed by atoms with Crippen LogP contribution in [0.1, 0.15) is 11.3 Å². The van der Waals surface area contributed by atoms with Crippen LogP contribution in [0, 0.1) is 0 Å². The second-order valence-corrected chi connectivity index (χ2v) is 5.07. The zero-order valence-corrected chi connectivity index (χ0v) is 14.2. The highest BCUT2D eigenvalue weighted by molar-refractivity contribution is 5.85. The van der Waals surface area contributed by atoms with Gasteiger partial charge in [0.05, 0.1) is 18.8 Å². The molecule has 0 radical (unpaired) electrons. The third-order valence-electron chi connectivity index (χ3n) is 3.20. The normalized spacial score (nSPS) is 10.8. The summed E-state index contributed by atoms with van der Waals surface area (Å²) in [5.74, 6) is -0.815. The Morgan fingerprint density at radius 3 is 2.27 bits per heavy atom. The zero-order chi connectivity index (χ0) is 18.4. The Balaban J connectivity index is 0.00000338. The summed E-state index contributed by atoms with van der Waals surface area (Å²) < 4.78 is 38.7. The molecule has 0 atom stereocenters. The number of nitrogens with two attached hydrogens (primary N) is 1. The summed E-state index contributed by atoms with van der Waals surface area (Å²) in [5.41, 5.74) is 5.33. The van der Waals surface area contributed by atoms with Gasteiger partial charge in [-0.2, -0.15) is 18.3 Å². The van der Waals surface area contributed by atoms with Crippen molar-refractivity contribution in [1.29, 1.82) is 0 Å². The van der Waals surface area contributed by atoms with Crippen molar-refractivity contribution in [2.45, 2.75) is 12.7 Å². The predicted molar refractivity (Wildman–Crippen MR) is 89.7 cm³/mol. The number of amides is 2. The molecule has 0 aliphatic carbocycles. The van der Waals surface area contributed by atoms with Crippen LogP contribution in [0.4, 0.5) is 13.2 Å². The van der Waals surface area contributed by atoms with Crippen LogP contribution in [0.5, 0.6) is 0 Å². The summed E-state index contributed by atoms with van der Waals surface area (Å²) in [6.45, 7) is -0.162. The van der Waals surface area contributed by atoms with E-state index in [2.05, 4.69) is 15.7 Å². The number of nitrogens with one attached hydrogen (secondary N) is 2. The first-order chi connectivity index (χ1) is 11.8. The lowest BCUT2D eigenvalue weighted by atomic mass is 10.2. The van der Waals surface area contributed by atoms with Crippen LogP contribution < -0.4 is 16.4 Å². The van der Waals surface area contributed by atoms with E-state index in [4.69, 9.17) is 5.73 Å². The molecule has 0 saturated carbocycles. The first kappa shape index (κ1) is 21.5. The number of carbonyl (C=O) groups excluding carboxylic acids is 2. The number of halogens is 4. The number of nitrogens with zero attached hydrogens (tertiary/aromatic N) is 2. The third kappa shape index (κ3) is 6.05. The highest BCUT2D eigenvalue weighted by Gasteiger charge is 2.33. The van der Waals surface area contributed by atoms with E-state index in [1.807, 2.05) is 0 Å². The number of carbonyl (C=O) groups is 2. The summed E-state index contributed by atoms with van der Waals surface area (Å²) in [6.07, 6.45) is -3.27. The van der Waals surface area contributed by atoms with Gasteiger partial charge in [0.1, 0.15) is 0 Å². The van der Waals surface area contributed by atoms with Crippen molar-refractivity contribution >= 4 is 24.2 Å². The number of benzene rings is 1. The number of rotatable bonds is 6. The molecule has 4 N–H and O–H groups in total. The van der Waals surface area contributed by atoms with E-state index >= 15 is 0 Å². The summed E-state index contributed by atoms with van der Waals surface area (Å²) in [6, 6.07) is 7.38. The van der Waals surface area contributed by atoms with Crippen molar-refractivity contribution in [3.8, 4) is 5.69 Å². The first-order valence-electron chi connectivity index (χ1n) is 7.25.